The number of thiophene rings is 1. The van der Waals surface area contributed by atoms with Gasteiger partial charge in [0.05, 0.1) is 0 Å². The number of benzene rings is 1. The number of hydrogen-bond acceptors (Lipinski definition) is 3. The van der Waals surface area contributed by atoms with Crippen molar-refractivity contribution in [1.82, 2.24) is 0 Å². The minimum absolute atomic E-state index is 0.402. The molecule has 1 heterocycles. The van der Waals surface area contributed by atoms with Crippen LogP contribution in [0.2, 0.25) is 0 Å². The van der Waals surface area contributed by atoms with Gasteiger partial charge in [-0.2, -0.15) is 11.3 Å². The van der Waals surface area contributed by atoms with Gasteiger partial charge in [-0.25, -0.2) is 0 Å². The van der Waals surface area contributed by atoms with Crippen molar-refractivity contribution in [2.24, 2.45) is 0 Å². The van der Waals surface area contributed by atoms with Crippen LogP contribution in [0, 0.1) is 13.8 Å². The number of phenolic OH excluding ortho intramolecular Hbond substituents is 1. The summed E-state index contributed by atoms with van der Waals surface area (Å²) in [7, 11) is 0. The molecule has 2 N–H and O–H groups in total. The van der Waals surface area contributed by atoms with E-state index in [0.29, 0.717) is 5.75 Å². The van der Waals surface area contributed by atoms with E-state index in [-0.39, 0.29) is 0 Å². The maximum Gasteiger partial charge on any atom is 0.121 e. The highest BCUT2D eigenvalue weighted by atomic mass is 32.1. The zero-order valence-corrected chi connectivity index (χ0v) is 10.3. The van der Waals surface area contributed by atoms with Gasteiger partial charge in [0, 0.05) is 17.6 Å². The molecule has 2 nitrogen and oxygen atoms in total. The van der Waals surface area contributed by atoms with E-state index < -0.39 is 0 Å². The third kappa shape index (κ3) is 2.36. The largest absolute Gasteiger partial charge is 0.507 e. The van der Waals surface area contributed by atoms with Crippen LogP contribution in [-0.2, 0) is 6.54 Å². The van der Waals surface area contributed by atoms with Gasteiger partial charge in [0.15, 0.2) is 0 Å². The summed E-state index contributed by atoms with van der Waals surface area (Å²) in [5.41, 5.74) is 4.21. The second-order valence-electron chi connectivity index (χ2n) is 3.94. The number of anilines is 1. The van der Waals surface area contributed by atoms with Crippen molar-refractivity contribution in [2.45, 2.75) is 20.4 Å². The summed E-state index contributed by atoms with van der Waals surface area (Å²) < 4.78 is 0. The van der Waals surface area contributed by atoms with Gasteiger partial charge < -0.3 is 10.4 Å². The summed E-state index contributed by atoms with van der Waals surface area (Å²) in [6, 6.07) is 6.09. The molecule has 1 aromatic carbocycles. The Hall–Kier alpha value is -1.48. The van der Waals surface area contributed by atoms with Crippen molar-refractivity contribution in [3.05, 3.63) is 45.6 Å². The Kier molecular flexibility index (Phi) is 3.15. The van der Waals surface area contributed by atoms with Gasteiger partial charge in [0.1, 0.15) is 5.75 Å². The summed E-state index contributed by atoms with van der Waals surface area (Å²) in [5.74, 6) is 0.402. The highest BCUT2D eigenvalue weighted by Gasteiger charge is 2.03. The van der Waals surface area contributed by atoms with Crippen LogP contribution in [0.3, 0.4) is 0 Å². The van der Waals surface area contributed by atoms with E-state index in [1.54, 1.807) is 11.3 Å². The predicted octanol–water partition coefficient (Wildman–Crippen LogP) is 3.68. The molecule has 0 unspecified atom stereocenters. The molecule has 0 amide bonds. The molecule has 0 radical (unpaired) electrons. The molecule has 0 saturated carbocycles. The van der Waals surface area contributed by atoms with Crippen molar-refractivity contribution in [1.29, 1.82) is 0 Å². The van der Waals surface area contributed by atoms with E-state index in [2.05, 4.69) is 22.1 Å². The zero-order valence-electron chi connectivity index (χ0n) is 9.45. The van der Waals surface area contributed by atoms with Crippen LogP contribution in [-0.4, -0.2) is 5.11 Å². The fourth-order valence-electron chi connectivity index (χ4n) is 1.72. The lowest BCUT2D eigenvalue weighted by molar-refractivity contribution is 0.466. The predicted molar refractivity (Wildman–Crippen MR) is 69.2 cm³/mol. The third-order valence-electron chi connectivity index (χ3n) is 2.57. The Bertz CT molecular complexity index is 454. The lowest BCUT2D eigenvalue weighted by atomic mass is 10.1. The Morgan fingerprint density at radius 1 is 1.25 bits per heavy atom. The summed E-state index contributed by atoms with van der Waals surface area (Å²) in [6.45, 7) is 4.64. The van der Waals surface area contributed by atoms with Crippen LogP contribution in [0.4, 0.5) is 5.69 Å². The van der Waals surface area contributed by atoms with Gasteiger partial charge in [-0.3, -0.25) is 0 Å². The zero-order chi connectivity index (χ0) is 11.5. The van der Waals surface area contributed by atoms with Crippen molar-refractivity contribution < 1.29 is 5.11 Å². The van der Waals surface area contributed by atoms with E-state index in [4.69, 9.17) is 0 Å². The van der Waals surface area contributed by atoms with Crippen LogP contribution in [0.25, 0.3) is 0 Å². The second-order valence-corrected chi connectivity index (χ2v) is 4.72. The molecule has 0 atom stereocenters. The molecule has 0 aliphatic carbocycles. The summed E-state index contributed by atoms with van der Waals surface area (Å²) in [4.78, 5) is 0. The first kappa shape index (κ1) is 11.0. The SMILES string of the molecule is Cc1cc(CNc2ccsc2)cc(C)c1O. The Morgan fingerprint density at radius 2 is 1.94 bits per heavy atom. The van der Waals surface area contributed by atoms with Crippen molar-refractivity contribution in [2.75, 3.05) is 5.32 Å². The topological polar surface area (TPSA) is 32.3 Å². The summed E-state index contributed by atoms with van der Waals surface area (Å²) >= 11 is 1.68. The number of hydrogen-bond donors (Lipinski definition) is 2. The smallest absolute Gasteiger partial charge is 0.121 e. The van der Waals surface area contributed by atoms with Crippen LogP contribution < -0.4 is 5.32 Å². The molecule has 84 valence electrons. The van der Waals surface area contributed by atoms with Crippen LogP contribution in [0.1, 0.15) is 16.7 Å². The van der Waals surface area contributed by atoms with Gasteiger partial charge in [-0.05, 0) is 42.0 Å². The number of nitrogens with one attached hydrogen (secondary N) is 1. The van der Waals surface area contributed by atoms with Crippen LogP contribution in [0.5, 0.6) is 5.75 Å². The monoisotopic (exact) mass is 233 g/mol. The summed E-state index contributed by atoms with van der Waals surface area (Å²) in [6.07, 6.45) is 0. The van der Waals surface area contributed by atoms with Crippen LogP contribution >= 0.6 is 11.3 Å². The Balaban J connectivity index is 2.10. The molecule has 0 aliphatic heterocycles. The Labute approximate surface area is 99.6 Å². The highest BCUT2D eigenvalue weighted by molar-refractivity contribution is 7.08. The first-order chi connectivity index (χ1) is 7.66. The van der Waals surface area contributed by atoms with Crippen molar-refractivity contribution in [3.63, 3.8) is 0 Å². The minimum atomic E-state index is 0.402. The number of rotatable bonds is 3. The Morgan fingerprint density at radius 3 is 2.50 bits per heavy atom. The molecule has 2 aromatic rings. The molecular formula is C13H15NOS. The molecule has 2 rings (SSSR count). The second kappa shape index (κ2) is 4.58. The molecule has 16 heavy (non-hydrogen) atoms. The quantitative estimate of drug-likeness (QED) is 0.847. The molecular weight excluding hydrogens is 218 g/mol. The van der Waals surface area contributed by atoms with Crippen molar-refractivity contribution in [3.8, 4) is 5.75 Å². The van der Waals surface area contributed by atoms with E-state index in [1.165, 1.54) is 5.56 Å². The van der Waals surface area contributed by atoms with Gasteiger partial charge in [-0.1, -0.05) is 12.1 Å². The normalized spacial score (nSPS) is 10.4. The molecule has 0 fully saturated rings. The average molecular weight is 233 g/mol. The molecule has 0 aliphatic rings. The summed E-state index contributed by atoms with van der Waals surface area (Å²) in [5, 5.41) is 17.1. The van der Waals surface area contributed by atoms with E-state index >= 15 is 0 Å². The van der Waals surface area contributed by atoms with E-state index in [0.717, 1.165) is 23.4 Å². The molecule has 3 heteroatoms. The van der Waals surface area contributed by atoms with E-state index in [9.17, 15) is 5.11 Å². The highest BCUT2D eigenvalue weighted by Crippen LogP contribution is 2.23. The van der Waals surface area contributed by atoms with Crippen LogP contribution in [0.15, 0.2) is 29.0 Å². The maximum atomic E-state index is 9.66. The maximum absolute atomic E-state index is 9.66. The number of aryl methyl sites for hydroxylation is 2. The number of phenols is 1. The molecule has 0 bridgehead atoms. The fraction of sp³-hybridized carbons (Fsp3) is 0.231. The van der Waals surface area contributed by atoms with Gasteiger partial charge in [0.25, 0.3) is 0 Å². The minimum Gasteiger partial charge on any atom is -0.507 e. The van der Waals surface area contributed by atoms with Gasteiger partial charge in [0.2, 0.25) is 0 Å². The number of aromatic hydroxyl groups is 1. The standard InChI is InChI=1S/C13H15NOS/c1-9-5-11(6-10(2)13(9)15)7-14-12-3-4-16-8-12/h3-6,8,14-15H,7H2,1-2H3. The van der Waals surface area contributed by atoms with E-state index in [1.807, 2.05) is 26.0 Å². The molecule has 1 aromatic heterocycles. The molecule has 0 saturated heterocycles. The lowest BCUT2D eigenvalue weighted by Gasteiger charge is -2.09. The third-order valence-corrected chi connectivity index (χ3v) is 3.25. The lowest BCUT2D eigenvalue weighted by Crippen LogP contribution is -1.99. The van der Waals surface area contributed by atoms with Gasteiger partial charge in [-0.15, -0.1) is 0 Å². The first-order valence-electron chi connectivity index (χ1n) is 5.22. The first-order valence-corrected chi connectivity index (χ1v) is 6.16. The fourth-order valence-corrected chi connectivity index (χ4v) is 2.33. The average Bonchev–Trinajstić information content (AvgIpc) is 2.75. The molecule has 0 spiro atoms. The van der Waals surface area contributed by atoms with Gasteiger partial charge >= 0.3 is 0 Å². The van der Waals surface area contributed by atoms with Crippen molar-refractivity contribution >= 4 is 17.0 Å².